The lowest BCUT2D eigenvalue weighted by atomic mass is 9.99. The lowest BCUT2D eigenvalue weighted by Gasteiger charge is -2.09. The summed E-state index contributed by atoms with van der Waals surface area (Å²) < 4.78 is 6.20. The summed E-state index contributed by atoms with van der Waals surface area (Å²) in [6.07, 6.45) is 10.6. The monoisotopic (exact) mass is 357 g/mol. The van der Waals surface area contributed by atoms with Gasteiger partial charge in [0.1, 0.15) is 11.3 Å². The average Bonchev–Trinajstić information content (AvgIpc) is 3.47. The van der Waals surface area contributed by atoms with Gasteiger partial charge >= 0.3 is 12.1 Å². The van der Waals surface area contributed by atoms with E-state index < -0.39 is 0 Å². The predicted octanol–water partition coefficient (Wildman–Crippen LogP) is 3.07. The van der Waals surface area contributed by atoms with Gasteiger partial charge in [0.2, 0.25) is 0 Å². The van der Waals surface area contributed by atoms with E-state index >= 15 is 0 Å². The third-order valence-electron chi connectivity index (χ3n) is 5.36. The molecule has 5 heteroatoms. The van der Waals surface area contributed by atoms with Crippen LogP contribution in [0.5, 0.6) is 0 Å². The van der Waals surface area contributed by atoms with Gasteiger partial charge in [-0.25, -0.2) is 0 Å². The summed E-state index contributed by atoms with van der Waals surface area (Å²) in [4.78, 5) is 4.73. The number of hydrogen-bond donors (Lipinski definition) is 0. The van der Waals surface area contributed by atoms with Gasteiger partial charge < -0.3 is 0 Å². The van der Waals surface area contributed by atoms with Crippen LogP contribution in [0.25, 0.3) is 28.2 Å². The van der Waals surface area contributed by atoms with Crippen molar-refractivity contribution >= 4 is 5.78 Å². The highest BCUT2D eigenvalue weighted by molar-refractivity contribution is 5.80. The van der Waals surface area contributed by atoms with Crippen LogP contribution in [0.1, 0.15) is 31.2 Å². The molecule has 5 nitrogen and oxygen atoms in total. The van der Waals surface area contributed by atoms with Crippen molar-refractivity contribution in [1.29, 1.82) is 0 Å². The Balaban J connectivity index is 1.66. The van der Waals surface area contributed by atoms with E-state index in [2.05, 4.69) is 70.9 Å². The molecule has 0 atom stereocenters. The van der Waals surface area contributed by atoms with Crippen molar-refractivity contribution in [2.45, 2.75) is 32.2 Å². The van der Waals surface area contributed by atoms with Crippen LogP contribution in [0.4, 0.5) is 0 Å². The van der Waals surface area contributed by atoms with Gasteiger partial charge in [0.15, 0.2) is 6.20 Å². The quantitative estimate of drug-likeness (QED) is 0.527. The zero-order chi connectivity index (χ0) is 18.4. The summed E-state index contributed by atoms with van der Waals surface area (Å²) in [7, 11) is 2.07. The van der Waals surface area contributed by atoms with Gasteiger partial charge in [0, 0.05) is 21.8 Å². The SMILES string of the molecule is CC[n+]1cnn2cc(-c3cccnc3-c3cccc(C4CC4)c3)c[n+](C)c21. The maximum atomic E-state index is 4.73. The van der Waals surface area contributed by atoms with Crippen molar-refractivity contribution in [2.75, 3.05) is 0 Å². The summed E-state index contributed by atoms with van der Waals surface area (Å²) in [6, 6.07) is 13.0. The number of nitrogens with zero attached hydrogens (tertiary/aromatic N) is 5. The molecule has 1 aliphatic carbocycles. The molecule has 0 amide bonds. The van der Waals surface area contributed by atoms with Crippen molar-refractivity contribution < 1.29 is 9.13 Å². The molecule has 0 aliphatic heterocycles. The fraction of sp³-hybridized carbons (Fsp3) is 0.273. The van der Waals surface area contributed by atoms with E-state index in [-0.39, 0.29) is 0 Å². The van der Waals surface area contributed by atoms with E-state index in [9.17, 15) is 0 Å². The summed E-state index contributed by atoms with van der Waals surface area (Å²) in [6.45, 7) is 3.02. The van der Waals surface area contributed by atoms with Crippen LogP contribution in [-0.2, 0) is 13.6 Å². The molecule has 3 heterocycles. The van der Waals surface area contributed by atoms with Crippen LogP contribution in [0.15, 0.2) is 61.3 Å². The molecule has 27 heavy (non-hydrogen) atoms. The number of aromatic nitrogens is 5. The Morgan fingerprint density at radius 3 is 2.85 bits per heavy atom. The minimum atomic E-state index is 0.736. The predicted molar refractivity (Wildman–Crippen MR) is 103 cm³/mol. The Kier molecular flexibility index (Phi) is 3.74. The summed E-state index contributed by atoms with van der Waals surface area (Å²) in [5, 5.41) is 4.52. The summed E-state index contributed by atoms with van der Waals surface area (Å²) >= 11 is 0. The number of fused-ring (bicyclic) bond motifs is 1. The first-order valence-corrected chi connectivity index (χ1v) is 9.57. The molecule has 0 saturated heterocycles. The highest BCUT2D eigenvalue weighted by Crippen LogP contribution is 2.41. The molecule has 1 aromatic carbocycles. The third-order valence-corrected chi connectivity index (χ3v) is 5.36. The molecular weight excluding hydrogens is 334 g/mol. The Hall–Kier alpha value is -3.08. The van der Waals surface area contributed by atoms with E-state index in [0.717, 1.165) is 35.1 Å². The van der Waals surface area contributed by atoms with Crippen molar-refractivity contribution in [3.63, 3.8) is 0 Å². The molecule has 0 spiro atoms. The van der Waals surface area contributed by atoms with Gasteiger partial charge in [-0.05, 0) is 43.4 Å². The summed E-state index contributed by atoms with van der Waals surface area (Å²) in [5.74, 6) is 1.79. The second-order valence-electron chi connectivity index (χ2n) is 7.29. The minimum absolute atomic E-state index is 0.736. The molecule has 0 bridgehead atoms. The molecule has 0 N–H and O–H groups in total. The number of pyridine rings is 1. The molecule has 0 radical (unpaired) electrons. The third kappa shape index (κ3) is 2.79. The lowest BCUT2D eigenvalue weighted by Crippen LogP contribution is -2.44. The van der Waals surface area contributed by atoms with E-state index in [1.165, 1.54) is 24.0 Å². The fourth-order valence-corrected chi connectivity index (χ4v) is 3.83. The van der Waals surface area contributed by atoms with Crippen molar-refractivity contribution in [1.82, 2.24) is 14.6 Å². The van der Waals surface area contributed by atoms with Crippen molar-refractivity contribution in [3.8, 4) is 22.4 Å². The fourth-order valence-electron chi connectivity index (χ4n) is 3.83. The minimum Gasteiger partial charge on any atom is -0.256 e. The van der Waals surface area contributed by atoms with Crippen LogP contribution in [-0.4, -0.2) is 14.6 Å². The van der Waals surface area contributed by atoms with Crippen LogP contribution >= 0.6 is 0 Å². The molecular formula is C22H23N5+2. The van der Waals surface area contributed by atoms with Gasteiger partial charge in [-0.2, -0.15) is 9.13 Å². The van der Waals surface area contributed by atoms with Crippen LogP contribution in [0.3, 0.4) is 0 Å². The number of hydrogen-bond acceptors (Lipinski definition) is 2. The molecule has 134 valence electrons. The van der Waals surface area contributed by atoms with Gasteiger partial charge in [0.25, 0.3) is 0 Å². The molecule has 3 aromatic heterocycles. The first-order valence-electron chi connectivity index (χ1n) is 9.57. The lowest BCUT2D eigenvalue weighted by molar-refractivity contribution is -0.767. The maximum Gasteiger partial charge on any atom is 0.496 e. The van der Waals surface area contributed by atoms with E-state index in [0.29, 0.717) is 0 Å². The smallest absolute Gasteiger partial charge is 0.256 e. The highest BCUT2D eigenvalue weighted by atomic mass is 15.4. The van der Waals surface area contributed by atoms with E-state index in [1.54, 1.807) is 0 Å². The normalized spacial score (nSPS) is 14.0. The molecule has 5 rings (SSSR count). The Labute approximate surface area is 158 Å². The molecule has 1 aliphatic rings. The average molecular weight is 357 g/mol. The Morgan fingerprint density at radius 1 is 1.15 bits per heavy atom. The van der Waals surface area contributed by atoms with Crippen molar-refractivity contribution in [2.24, 2.45) is 7.05 Å². The highest BCUT2D eigenvalue weighted by Gasteiger charge is 2.25. The molecule has 1 fully saturated rings. The zero-order valence-electron chi connectivity index (χ0n) is 15.7. The van der Waals surface area contributed by atoms with Gasteiger partial charge in [-0.3, -0.25) is 4.98 Å². The van der Waals surface area contributed by atoms with E-state index in [4.69, 9.17) is 4.98 Å². The first-order chi connectivity index (χ1) is 13.2. The largest absolute Gasteiger partial charge is 0.496 e. The summed E-state index contributed by atoms with van der Waals surface area (Å²) in [5.41, 5.74) is 5.87. The van der Waals surface area contributed by atoms with Gasteiger partial charge in [-0.15, -0.1) is 0 Å². The maximum absolute atomic E-state index is 4.73. The zero-order valence-corrected chi connectivity index (χ0v) is 15.7. The van der Waals surface area contributed by atoms with Crippen LogP contribution < -0.4 is 9.13 Å². The second-order valence-corrected chi connectivity index (χ2v) is 7.29. The Bertz CT molecular complexity index is 1140. The number of rotatable bonds is 4. The van der Waals surface area contributed by atoms with Crippen LogP contribution in [0, 0.1) is 0 Å². The van der Waals surface area contributed by atoms with Crippen LogP contribution in [0.2, 0.25) is 0 Å². The second kappa shape index (κ2) is 6.27. The first kappa shape index (κ1) is 16.1. The molecule has 0 unspecified atom stereocenters. The molecule has 1 saturated carbocycles. The number of aryl methyl sites for hydroxylation is 2. The van der Waals surface area contributed by atoms with Gasteiger partial charge in [0.05, 0.1) is 24.8 Å². The van der Waals surface area contributed by atoms with Gasteiger partial charge in [-0.1, -0.05) is 24.3 Å². The van der Waals surface area contributed by atoms with Crippen molar-refractivity contribution in [3.05, 3.63) is 66.9 Å². The Morgan fingerprint density at radius 2 is 2.04 bits per heavy atom. The standard InChI is InChI=1S/C22H23N5/c1-3-26-15-24-27-14-19(13-25(2)22(26)27)20-8-5-11-23-21(20)18-7-4-6-17(12-18)16-9-10-16/h4-8,11-16H,3,9-10H2,1-2H3/q+2. The molecule has 4 aromatic rings. The topological polar surface area (TPSA) is 38.0 Å². The van der Waals surface area contributed by atoms with E-state index in [1.807, 2.05) is 23.1 Å². The number of benzene rings is 1.